The van der Waals surface area contributed by atoms with Crippen molar-refractivity contribution >= 4 is 87.2 Å². The number of aromatic nitrogens is 7. The normalized spacial score (nSPS) is 28.7. The summed E-state index contributed by atoms with van der Waals surface area (Å²) in [6, 6.07) is 9.63. The number of nitrogen functional groups attached to an aromatic ring is 2. The predicted octanol–water partition coefficient (Wildman–Crippen LogP) is 6.46. The molecule has 5 fully saturated rings. The van der Waals surface area contributed by atoms with E-state index in [1.807, 2.05) is 86.7 Å². The zero-order chi connectivity index (χ0) is 92.6. The number of hydrogen-bond donors (Lipinski definition) is 8. The van der Waals surface area contributed by atoms with Gasteiger partial charge in [-0.1, -0.05) is 82.4 Å². The molecule has 5 amide bonds. The number of piperazine rings is 2. The van der Waals surface area contributed by atoms with Gasteiger partial charge in [0.05, 0.1) is 56.0 Å². The zero-order valence-corrected chi connectivity index (χ0v) is 75.9. The molecule has 10 heterocycles. The third-order valence-electron chi connectivity index (χ3n) is 26.9. The van der Waals surface area contributed by atoms with Gasteiger partial charge in [0.2, 0.25) is 29.5 Å². The Morgan fingerprint density at radius 1 is 0.715 bits per heavy atom. The van der Waals surface area contributed by atoms with Crippen molar-refractivity contribution in [3.63, 3.8) is 0 Å². The molecule has 7 aliphatic rings. The highest BCUT2D eigenvalue weighted by molar-refractivity contribution is 6.39. The molecule has 36 nitrogen and oxygen atoms in total. The van der Waals surface area contributed by atoms with Gasteiger partial charge in [0.15, 0.2) is 17.0 Å². The number of esters is 1. The van der Waals surface area contributed by atoms with Gasteiger partial charge in [-0.15, -0.1) is 0 Å². The SMILES string of the molecule is CO[C@H]1C[C@@H]2CC[C@@H](C)[C@@](O)(O2)C(=O)C(=O)N2CCCC[C@H]2C(=O)O[C@H]([C@H](N)C[C@@H]2CC[C@@H](OC(=O)NCc3cnc(N4CCN(C(=O)CCOCCN5CCN(C(=O)CCC(=O)N6CCc7cc(Cn8nc(-c9ccc%10oc(N)nc%10c9)c9c(N)ncnc98)ccc7C6)CC5)CC4)nc3)[C@H](OC)C2)C[C@@H](O)[C@H](C)/C=C(\C)[C@@H](O)[C@@H](O)C(=O)[C@H](C)C[C@H](C)/C=C/C=C/C=C/1C. The van der Waals surface area contributed by atoms with Gasteiger partial charge in [0.1, 0.15) is 53.8 Å². The maximum absolute atomic E-state index is 14.8. The Hall–Kier alpha value is -10.5. The van der Waals surface area contributed by atoms with Crippen molar-refractivity contribution in [1.29, 1.82) is 0 Å². The molecule has 2 bridgehead atoms. The summed E-state index contributed by atoms with van der Waals surface area (Å²) in [5, 5.41) is 55.2. The molecule has 2 aromatic carbocycles. The van der Waals surface area contributed by atoms with Crippen LogP contribution in [0.5, 0.6) is 0 Å². The molecule has 16 atom stereocenters. The van der Waals surface area contributed by atoms with Gasteiger partial charge >= 0.3 is 12.1 Å². The number of cyclic esters (lactones) is 1. The van der Waals surface area contributed by atoms with Crippen molar-refractivity contribution in [3.8, 4) is 11.3 Å². The van der Waals surface area contributed by atoms with E-state index in [9.17, 15) is 58.8 Å². The number of aliphatic hydroxyl groups is 4. The summed E-state index contributed by atoms with van der Waals surface area (Å²) in [7, 11) is 3.07. The van der Waals surface area contributed by atoms with Crippen molar-refractivity contribution in [2.75, 3.05) is 116 Å². The molecule has 0 radical (unpaired) electrons. The molecule has 13 rings (SSSR count). The molecule has 4 aromatic heterocycles. The number of benzene rings is 2. The number of nitrogens with two attached hydrogens (primary N) is 3. The highest BCUT2D eigenvalue weighted by Gasteiger charge is 2.53. The number of rotatable bonds is 21. The minimum absolute atomic E-state index is 0.00637. The first-order chi connectivity index (χ1) is 62.4. The van der Waals surface area contributed by atoms with Crippen molar-refractivity contribution in [3.05, 3.63) is 125 Å². The Bertz CT molecular complexity index is 5080. The number of hydrogen-bond acceptors (Lipinski definition) is 30. The zero-order valence-electron chi connectivity index (χ0n) is 75.9. The number of fused-ring (bicyclic) bond motifs is 6. The first-order valence-corrected chi connectivity index (χ1v) is 45.9. The quantitative estimate of drug-likeness (QED) is 0.0166. The maximum Gasteiger partial charge on any atom is 0.407 e. The Kier molecular flexibility index (Phi) is 33.3. The first-order valence-electron chi connectivity index (χ1n) is 45.9. The van der Waals surface area contributed by atoms with Crippen LogP contribution in [0.4, 0.5) is 22.6 Å². The number of carbonyl (C=O) groups is 8. The van der Waals surface area contributed by atoms with Gasteiger partial charge in [0, 0.05) is 172 Å². The molecule has 1 aliphatic carbocycles. The van der Waals surface area contributed by atoms with Gasteiger partial charge in [-0.25, -0.2) is 34.2 Å². The van der Waals surface area contributed by atoms with E-state index in [1.165, 1.54) is 13.4 Å². The van der Waals surface area contributed by atoms with Gasteiger partial charge in [0.25, 0.3) is 17.7 Å². The lowest BCUT2D eigenvalue weighted by Crippen LogP contribution is -2.61. The van der Waals surface area contributed by atoms with Crippen LogP contribution in [0.1, 0.15) is 160 Å². The van der Waals surface area contributed by atoms with Crippen LogP contribution in [-0.2, 0) is 88.0 Å². The largest absolute Gasteiger partial charge is 0.459 e. The summed E-state index contributed by atoms with van der Waals surface area (Å²) in [6.45, 7) is 17.7. The molecule has 1 saturated carbocycles. The molecule has 6 aromatic rings. The first kappa shape index (κ1) is 97.0. The fraction of sp³-hybridized carbons (Fsp3) is 0.596. The number of alkyl carbamates (subject to hydrolysis) is 1. The molecule has 4 saturated heterocycles. The molecule has 36 heteroatoms. The van der Waals surface area contributed by atoms with Crippen LogP contribution >= 0.6 is 0 Å². The molecule has 704 valence electrons. The summed E-state index contributed by atoms with van der Waals surface area (Å²) >= 11 is 0. The molecular formula is C94H129N17O19. The van der Waals surface area contributed by atoms with Crippen LogP contribution in [0, 0.1) is 29.6 Å². The molecule has 0 unspecified atom stereocenters. The van der Waals surface area contributed by atoms with Gasteiger partial charge in [-0.05, 0) is 142 Å². The number of aliphatic hydroxyl groups excluding tert-OH is 3. The second-order valence-corrected chi connectivity index (χ2v) is 36.2. The third kappa shape index (κ3) is 24.2. The lowest BCUT2D eigenvalue weighted by Gasteiger charge is -2.42. The van der Waals surface area contributed by atoms with E-state index in [4.69, 9.17) is 55.1 Å². The van der Waals surface area contributed by atoms with Gasteiger partial charge in [-0.2, -0.15) is 10.1 Å². The van der Waals surface area contributed by atoms with E-state index in [-0.39, 0.29) is 106 Å². The van der Waals surface area contributed by atoms with Gasteiger partial charge < -0.3 is 100 Å². The molecular weight excluding hydrogens is 1670 g/mol. The molecule has 130 heavy (non-hydrogen) atoms. The number of amides is 5. The maximum atomic E-state index is 14.8. The number of piperidine rings is 1. The Balaban J connectivity index is 0.518. The number of carbonyl (C=O) groups excluding carboxylic acids is 8. The number of Topliss-reactive ketones (excluding diaryl/α,β-unsaturated/α-hetero) is 2. The van der Waals surface area contributed by atoms with E-state index in [0.29, 0.717) is 188 Å². The van der Waals surface area contributed by atoms with Crippen LogP contribution in [0.2, 0.25) is 0 Å². The summed E-state index contributed by atoms with van der Waals surface area (Å²) in [5.41, 5.74) is 27.3. The number of ether oxygens (including phenoxy) is 6. The Morgan fingerprint density at radius 2 is 1.45 bits per heavy atom. The Labute approximate surface area is 757 Å². The van der Waals surface area contributed by atoms with Crippen molar-refractivity contribution in [2.45, 2.75) is 231 Å². The number of allylic oxidation sites excluding steroid dienone is 5. The number of anilines is 3. The topological polar surface area (TPSA) is 478 Å². The van der Waals surface area contributed by atoms with E-state index in [1.54, 1.807) is 59.3 Å². The second kappa shape index (κ2) is 44.6. The highest BCUT2D eigenvalue weighted by Crippen LogP contribution is 2.40. The number of ketones is 2. The van der Waals surface area contributed by atoms with Crippen LogP contribution in [0.15, 0.2) is 107 Å². The number of nitrogens with zero attached hydrogens (tertiary/aromatic N) is 13. The molecule has 11 N–H and O–H groups in total. The average Bonchev–Trinajstić information content (AvgIpc) is 1.50. The lowest BCUT2D eigenvalue weighted by molar-refractivity contribution is -0.265. The molecule has 0 spiro atoms. The van der Waals surface area contributed by atoms with Crippen LogP contribution < -0.4 is 27.4 Å². The van der Waals surface area contributed by atoms with E-state index in [2.05, 4.69) is 47.3 Å². The van der Waals surface area contributed by atoms with Crippen molar-refractivity contribution in [2.24, 2.45) is 35.3 Å². The average molecular weight is 1800 g/mol. The monoisotopic (exact) mass is 1800 g/mol. The van der Waals surface area contributed by atoms with Crippen LogP contribution in [0.25, 0.3) is 33.4 Å². The lowest BCUT2D eigenvalue weighted by atomic mass is 9.80. The summed E-state index contributed by atoms with van der Waals surface area (Å²) in [5.74, 6) is -7.90. The summed E-state index contributed by atoms with van der Waals surface area (Å²) < 4.78 is 43.5. The standard InChI is InChI=1S/C94H129N17O19/c1-56-14-10-9-11-15-57(2)75(124-7)48-68-22-17-61(6)94(123,130-68)86(119)89(120)110-29-13-12-16-71(110)90(121)127-76(49-72(112)58(3)43-60(5)84(117)85(118)83(116)59(4)42-56)69(95)45-62-19-23-74(77(46-62)125-8)129-93(122)100-52-64-50-98-92(99-51-64)108-37-35-107(36-38-108)80(115)28-40-126-41-39-105-31-33-106(34-32-105)78(113)25-26-79(114)109-30-27-65-44-63(18-20-67(65)54-109)53-111-88-81(87(96)101-55-102-88)82(104-111)66-21-24-73-70(47-66)103-91(97)128-73/h9-11,14-15,18,20-21,24,43-44,47,50-51,55-56,58-59,61-62,68-69,71-72,74-77,84-85,112,117-118,123H,12-13,16-17,19,22-23,25-42,45-46,48-49,52-54,95H2,1-8H3,(H2,97,103)(H,100,122)(H2,96,101,102)/b11-9+,14-10+,57-15+,60-43+/t56-,58-,59-,61-,62+,68+,69-,71+,72-,74-,75+,76+,77-,84-,85+,94-/m1/s1. The van der Waals surface area contributed by atoms with E-state index < -0.39 is 114 Å². The number of methoxy groups -OCH3 is 2. The smallest absolute Gasteiger partial charge is 0.407 e. The van der Waals surface area contributed by atoms with Crippen molar-refractivity contribution < 1.29 is 91.6 Å². The van der Waals surface area contributed by atoms with Crippen molar-refractivity contribution in [1.82, 2.24) is 64.5 Å². The van der Waals surface area contributed by atoms with E-state index in [0.717, 1.165) is 32.7 Å². The fourth-order valence-electron chi connectivity index (χ4n) is 18.9. The second-order valence-electron chi connectivity index (χ2n) is 36.2. The third-order valence-corrected chi connectivity index (χ3v) is 26.9. The fourth-order valence-corrected chi connectivity index (χ4v) is 18.9. The molecule has 6 aliphatic heterocycles. The predicted molar refractivity (Wildman–Crippen MR) is 482 cm³/mol. The van der Waals surface area contributed by atoms with Crippen LogP contribution in [0.3, 0.4) is 0 Å². The summed E-state index contributed by atoms with van der Waals surface area (Å²) in [6.07, 6.45) is 11.8. The van der Waals surface area contributed by atoms with Crippen LogP contribution in [-0.4, -0.2) is 293 Å². The minimum Gasteiger partial charge on any atom is -0.459 e. The summed E-state index contributed by atoms with van der Waals surface area (Å²) in [4.78, 5) is 144. The van der Waals surface area contributed by atoms with E-state index >= 15 is 0 Å². The number of nitrogens with one attached hydrogen (secondary N) is 1. The number of oxazole rings is 1. The highest BCUT2D eigenvalue weighted by atomic mass is 16.6. The minimum atomic E-state index is -2.51. The Morgan fingerprint density at radius 3 is 2.20 bits per heavy atom. The van der Waals surface area contributed by atoms with Gasteiger partial charge in [-0.3, -0.25) is 33.7 Å².